The van der Waals surface area contributed by atoms with E-state index < -0.39 is 0 Å². The van der Waals surface area contributed by atoms with Crippen molar-refractivity contribution in [2.75, 3.05) is 34.5 Å². The Morgan fingerprint density at radius 1 is 0.895 bits per heavy atom. The lowest BCUT2D eigenvalue weighted by Crippen LogP contribution is -2.31. The van der Waals surface area contributed by atoms with Crippen LogP contribution in [-0.4, -0.2) is 40.4 Å². The average molecular weight is 518 g/mol. The molecule has 8 nitrogen and oxygen atoms in total. The third kappa shape index (κ3) is 5.75. The summed E-state index contributed by atoms with van der Waals surface area (Å²) in [6, 6.07) is 16.4. The Balaban J connectivity index is 1.53. The normalized spacial score (nSPS) is 10.8. The SMILES string of the molecule is COc1ccc(-c2oc3cc(C)cc(C)c3c(=O)c2OCC(=O)NCCc2ccc(OC)c(OC)c2)cc1. The predicted molar refractivity (Wildman–Crippen MR) is 146 cm³/mol. The first-order chi connectivity index (χ1) is 18.3. The van der Waals surface area contributed by atoms with Gasteiger partial charge >= 0.3 is 0 Å². The molecular formula is C30H31NO7. The molecule has 3 aromatic carbocycles. The lowest BCUT2D eigenvalue weighted by molar-refractivity contribution is -0.123. The van der Waals surface area contributed by atoms with E-state index in [1.807, 2.05) is 44.2 Å². The van der Waals surface area contributed by atoms with Crippen molar-refractivity contribution >= 4 is 16.9 Å². The van der Waals surface area contributed by atoms with Gasteiger partial charge in [0, 0.05) is 12.1 Å². The zero-order valence-electron chi connectivity index (χ0n) is 22.2. The number of ether oxygens (including phenoxy) is 4. The lowest BCUT2D eigenvalue weighted by Gasteiger charge is -2.14. The van der Waals surface area contributed by atoms with Crippen molar-refractivity contribution in [1.82, 2.24) is 5.32 Å². The fraction of sp³-hybridized carbons (Fsp3) is 0.267. The molecule has 0 radical (unpaired) electrons. The van der Waals surface area contributed by atoms with Gasteiger partial charge in [0.15, 0.2) is 23.9 Å². The van der Waals surface area contributed by atoms with Crippen molar-refractivity contribution in [2.24, 2.45) is 0 Å². The van der Waals surface area contributed by atoms with Crippen LogP contribution in [0.2, 0.25) is 0 Å². The Bertz CT molecular complexity index is 1510. The third-order valence-electron chi connectivity index (χ3n) is 6.18. The largest absolute Gasteiger partial charge is 0.497 e. The molecule has 1 heterocycles. The number of nitrogens with one attached hydrogen (secondary N) is 1. The van der Waals surface area contributed by atoms with Crippen molar-refractivity contribution in [3.05, 3.63) is 81.5 Å². The minimum atomic E-state index is -0.355. The minimum Gasteiger partial charge on any atom is -0.497 e. The molecule has 0 bridgehead atoms. The summed E-state index contributed by atoms with van der Waals surface area (Å²) in [7, 11) is 4.73. The van der Waals surface area contributed by atoms with Crippen LogP contribution in [-0.2, 0) is 11.2 Å². The summed E-state index contributed by atoms with van der Waals surface area (Å²) in [5.74, 6) is 1.82. The molecule has 0 saturated heterocycles. The first kappa shape index (κ1) is 26.6. The number of rotatable bonds is 10. The molecule has 8 heteroatoms. The third-order valence-corrected chi connectivity index (χ3v) is 6.18. The number of fused-ring (bicyclic) bond motifs is 1. The molecule has 198 valence electrons. The second-order valence-corrected chi connectivity index (χ2v) is 8.85. The summed E-state index contributed by atoms with van der Waals surface area (Å²) < 4.78 is 27.8. The van der Waals surface area contributed by atoms with E-state index >= 15 is 0 Å². The number of aryl methyl sites for hydroxylation is 2. The van der Waals surface area contributed by atoms with E-state index in [2.05, 4.69) is 5.32 Å². The molecule has 0 aliphatic heterocycles. The van der Waals surface area contributed by atoms with Crippen LogP contribution in [0.5, 0.6) is 23.0 Å². The Kier molecular flexibility index (Phi) is 8.21. The Morgan fingerprint density at radius 2 is 1.63 bits per heavy atom. The van der Waals surface area contributed by atoms with Crippen LogP contribution in [0.3, 0.4) is 0 Å². The summed E-state index contributed by atoms with van der Waals surface area (Å²) in [6.07, 6.45) is 0.583. The van der Waals surface area contributed by atoms with Crippen LogP contribution in [0, 0.1) is 13.8 Å². The van der Waals surface area contributed by atoms with E-state index in [4.69, 9.17) is 23.4 Å². The Hall–Kier alpha value is -4.46. The number of benzene rings is 3. The molecule has 4 aromatic rings. The van der Waals surface area contributed by atoms with Gasteiger partial charge in [-0.2, -0.15) is 0 Å². The second kappa shape index (κ2) is 11.7. The van der Waals surface area contributed by atoms with Gasteiger partial charge < -0.3 is 28.7 Å². The van der Waals surface area contributed by atoms with Gasteiger partial charge in [-0.25, -0.2) is 0 Å². The predicted octanol–water partition coefficient (Wildman–Crippen LogP) is 4.84. The highest BCUT2D eigenvalue weighted by Gasteiger charge is 2.20. The van der Waals surface area contributed by atoms with Crippen molar-refractivity contribution in [3.8, 4) is 34.3 Å². The first-order valence-electron chi connectivity index (χ1n) is 12.2. The van der Waals surface area contributed by atoms with Crippen LogP contribution >= 0.6 is 0 Å². The molecule has 38 heavy (non-hydrogen) atoms. The number of carbonyl (C=O) groups is 1. The fourth-order valence-electron chi connectivity index (χ4n) is 4.31. The highest BCUT2D eigenvalue weighted by atomic mass is 16.5. The zero-order chi connectivity index (χ0) is 27.2. The molecule has 1 aromatic heterocycles. The number of methoxy groups -OCH3 is 3. The van der Waals surface area contributed by atoms with Crippen molar-refractivity contribution in [3.63, 3.8) is 0 Å². The number of hydrogen-bond donors (Lipinski definition) is 1. The van der Waals surface area contributed by atoms with E-state index in [9.17, 15) is 9.59 Å². The van der Waals surface area contributed by atoms with Gasteiger partial charge in [0.25, 0.3) is 5.91 Å². The topological polar surface area (TPSA) is 96.2 Å². The van der Waals surface area contributed by atoms with Gasteiger partial charge in [-0.3, -0.25) is 9.59 Å². The van der Waals surface area contributed by atoms with Crippen molar-refractivity contribution in [2.45, 2.75) is 20.3 Å². The maximum atomic E-state index is 13.5. The standard InChI is InChI=1S/C30H31NO7/c1-18-14-19(2)27-25(15-18)38-29(21-7-9-22(34-3)10-8-21)30(28(27)33)37-17-26(32)31-13-12-20-6-11-23(35-4)24(16-20)36-5/h6-11,14-16H,12-13,17H2,1-5H3,(H,31,32). The van der Waals surface area contributed by atoms with E-state index in [-0.39, 0.29) is 29.5 Å². The molecule has 0 unspecified atom stereocenters. The van der Waals surface area contributed by atoms with E-state index in [1.165, 1.54) is 0 Å². The van der Waals surface area contributed by atoms with Gasteiger partial charge in [-0.1, -0.05) is 12.1 Å². The highest BCUT2D eigenvalue weighted by Crippen LogP contribution is 2.33. The number of amides is 1. The molecule has 0 aliphatic rings. The van der Waals surface area contributed by atoms with Crippen molar-refractivity contribution < 1.29 is 28.2 Å². The summed E-state index contributed by atoms with van der Waals surface area (Å²) in [5.41, 5.74) is 3.50. The number of hydrogen-bond acceptors (Lipinski definition) is 7. The minimum absolute atomic E-state index is 0.00957. The molecule has 0 spiro atoms. The van der Waals surface area contributed by atoms with Crippen LogP contribution in [0.15, 0.2) is 63.8 Å². The molecule has 4 rings (SSSR count). The maximum Gasteiger partial charge on any atom is 0.257 e. The summed E-state index contributed by atoms with van der Waals surface area (Å²) >= 11 is 0. The molecule has 1 N–H and O–H groups in total. The Morgan fingerprint density at radius 3 is 2.32 bits per heavy atom. The molecule has 1 amide bonds. The smallest absolute Gasteiger partial charge is 0.257 e. The quantitative estimate of drug-likeness (QED) is 0.322. The summed E-state index contributed by atoms with van der Waals surface area (Å²) in [6.45, 7) is 3.84. The van der Waals surface area contributed by atoms with E-state index in [0.29, 0.717) is 46.7 Å². The van der Waals surface area contributed by atoms with Crippen molar-refractivity contribution in [1.29, 1.82) is 0 Å². The lowest BCUT2D eigenvalue weighted by atomic mass is 10.0. The molecule has 0 fully saturated rings. The van der Waals surface area contributed by atoms with Crippen LogP contribution in [0.1, 0.15) is 16.7 Å². The monoisotopic (exact) mass is 517 g/mol. The molecule has 0 saturated carbocycles. The van der Waals surface area contributed by atoms with Gasteiger partial charge in [-0.05, 0) is 79.4 Å². The van der Waals surface area contributed by atoms with Gasteiger partial charge in [0.05, 0.1) is 26.7 Å². The summed E-state index contributed by atoms with van der Waals surface area (Å²) in [5, 5.41) is 3.26. The highest BCUT2D eigenvalue weighted by molar-refractivity contribution is 5.86. The fourth-order valence-corrected chi connectivity index (χ4v) is 4.31. The molecule has 0 aliphatic carbocycles. The van der Waals surface area contributed by atoms with Crippen LogP contribution in [0.4, 0.5) is 0 Å². The van der Waals surface area contributed by atoms with Gasteiger partial charge in [0.2, 0.25) is 11.2 Å². The van der Waals surface area contributed by atoms with E-state index in [0.717, 1.165) is 16.7 Å². The zero-order valence-corrected chi connectivity index (χ0v) is 22.2. The van der Waals surface area contributed by atoms with Gasteiger partial charge in [-0.15, -0.1) is 0 Å². The molecule has 0 atom stereocenters. The average Bonchev–Trinajstić information content (AvgIpc) is 2.91. The number of carbonyl (C=O) groups excluding carboxylic acids is 1. The second-order valence-electron chi connectivity index (χ2n) is 8.85. The van der Waals surface area contributed by atoms with Crippen LogP contribution < -0.4 is 29.7 Å². The summed E-state index contributed by atoms with van der Waals surface area (Å²) in [4.78, 5) is 26.2. The van der Waals surface area contributed by atoms with E-state index in [1.54, 1.807) is 45.6 Å². The molecular weight excluding hydrogens is 486 g/mol. The Labute approximate surface area is 221 Å². The van der Waals surface area contributed by atoms with Gasteiger partial charge in [0.1, 0.15) is 11.3 Å². The van der Waals surface area contributed by atoms with Crippen LogP contribution in [0.25, 0.3) is 22.3 Å². The maximum absolute atomic E-state index is 13.5. The first-order valence-corrected chi connectivity index (χ1v) is 12.2.